The van der Waals surface area contributed by atoms with E-state index in [1.807, 2.05) is 54.6 Å². The van der Waals surface area contributed by atoms with Gasteiger partial charge in [-0.2, -0.15) is 0 Å². The SMILES string of the molecule is CCC(=O)N(Cc1ccc(OC)cc1)C(C(=O)NCCO)c1ccccc1. The van der Waals surface area contributed by atoms with Crippen LogP contribution in [-0.4, -0.2) is 42.1 Å². The number of aliphatic hydroxyl groups is 1. The molecule has 0 saturated heterocycles. The van der Waals surface area contributed by atoms with Crippen LogP contribution in [0.1, 0.15) is 30.5 Å². The Morgan fingerprint density at radius 1 is 1.11 bits per heavy atom. The van der Waals surface area contributed by atoms with Crippen LogP contribution in [0.4, 0.5) is 0 Å². The first-order chi connectivity index (χ1) is 13.1. The molecule has 0 spiro atoms. The summed E-state index contributed by atoms with van der Waals surface area (Å²) in [5, 5.41) is 11.7. The highest BCUT2D eigenvalue weighted by atomic mass is 16.5. The van der Waals surface area contributed by atoms with Crippen LogP contribution in [0, 0.1) is 0 Å². The number of rotatable bonds is 9. The Kier molecular flexibility index (Phi) is 7.82. The van der Waals surface area contributed by atoms with E-state index in [2.05, 4.69) is 5.32 Å². The molecule has 6 nitrogen and oxygen atoms in total. The maximum absolute atomic E-state index is 12.8. The lowest BCUT2D eigenvalue weighted by Gasteiger charge is -2.31. The molecule has 0 saturated carbocycles. The fourth-order valence-corrected chi connectivity index (χ4v) is 2.84. The summed E-state index contributed by atoms with van der Waals surface area (Å²) >= 11 is 0. The minimum absolute atomic E-state index is 0.126. The van der Waals surface area contributed by atoms with Gasteiger partial charge in [0.25, 0.3) is 0 Å². The third-order valence-electron chi connectivity index (χ3n) is 4.22. The summed E-state index contributed by atoms with van der Waals surface area (Å²) in [5.41, 5.74) is 1.62. The molecule has 0 aliphatic rings. The molecule has 2 aromatic rings. The van der Waals surface area contributed by atoms with E-state index in [4.69, 9.17) is 9.84 Å². The molecule has 144 valence electrons. The second-order valence-corrected chi connectivity index (χ2v) is 6.05. The topological polar surface area (TPSA) is 78.9 Å². The van der Waals surface area contributed by atoms with Crippen LogP contribution in [0.15, 0.2) is 54.6 Å². The lowest BCUT2D eigenvalue weighted by atomic mass is 10.0. The number of ether oxygens (including phenoxy) is 1. The van der Waals surface area contributed by atoms with Gasteiger partial charge in [0.15, 0.2) is 0 Å². The molecule has 2 rings (SSSR count). The molecular weight excluding hydrogens is 344 g/mol. The van der Waals surface area contributed by atoms with Crippen molar-refractivity contribution in [1.29, 1.82) is 0 Å². The average molecular weight is 370 g/mol. The highest BCUT2D eigenvalue weighted by Gasteiger charge is 2.30. The molecule has 2 amide bonds. The van der Waals surface area contributed by atoms with Crippen molar-refractivity contribution in [1.82, 2.24) is 10.2 Å². The molecule has 1 unspecified atom stereocenters. The van der Waals surface area contributed by atoms with E-state index in [1.54, 1.807) is 18.9 Å². The second-order valence-electron chi connectivity index (χ2n) is 6.05. The van der Waals surface area contributed by atoms with Crippen molar-refractivity contribution in [2.24, 2.45) is 0 Å². The smallest absolute Gasteiger partial charge is 0.247 e. The molecule has 1 atom stereocenters. The van der Waals surface area contributed by atoms with Gasteiger partial charge in [-0.1, -0.05) is 49.4 Å². The Morgan fingerprint density at radius 2 is 1.78 bits per heavy atom. The van der Waals surface area contributed by atoms with Crippen molar-refractivity contribution in [3.63, 3.8) is 0 Å². The van der Waals surface area contributed by atoms with Gasteiger partial charge in [-0.25, -0.2) is 0 Å². The zero-order valence-corrected chi connectivity index (χ0v) is 15.7. The van der Waals surface area contributed by atoms with Crippen molar-refractivity contribution >= 4 is 11.8 Å². The van der Waals surface area contributed by atoms with Gasteiger partial charge in [0.05, 0.1) is 13.7 Å². The van der Waals surface area contributed by atoms with Gasteiger partial charge in [0, 0.05) is 19.5 Å². The molecule has 0 bridgehead atoms. The molecule has 6 heteroatoms. The van der Waals surface area contributed by atoms with Crippen LogP contribution in [0.3, 0.4) is 0 Å². The summed E-state index contributed by atoms with van der Waals surface area (Å²) in [5.74, 6) is 0.289. The van der Waals surface area contributed by atoms with E-state index < -0.39 is 6.04 Å². The molecule has 0 heterocycles. The van der Waals surface area contributed by atoms with Crippen molar-refractivity contribution in [2.45, 2.75) is 25.9 Å². The van der Waals surface area contributed by atoms with Crippen LogP contribution < -0.4 is 10.1 Å². The molecule has 2 N–H and O–H groups in total. The second kappa shape index (κ2) is 10.3. The first-order valence-corrected chi connectivity index (χ1v) is 8.96. The Morgan fingerprint density at radius 3 is 2.33 bits per heavy atom. The number of hydrogen-bond acceptors (Lipinski definition) is 4. The van der Waals surface area contributed by atoms with E-state index in [-0.39, 0.29) is 31.4 Å². The van der Waals surface area contributed by atoms with Crippen molar-refractivity contribution in [3.8, 4) is 5.75 Å². The number of carbonyl (C=O) groups excluding carboxylic acids is 2. The molecule has 0 fully saturated rings. The summed E-state index contributed by atoms with van der Waals surface area (Å²) in [6.45, 7) is 2.05. The first-order valence-electron chi connectivity index (χ1n) is 8.96. The summed E-state index contributed by atoms with van der Waals surface area (Å²) in [6.07, 6.45) is 0.284. The number of methoxy groups -OCH3 is 1. The lowest BCUT2D eigenvalue weighted by Crippen LogP contribution is -2.43. The van der Waals surface area contributed by atoms with Crippen molar-refractivity contribution in [3.05, 3.63) is 65.7 Å². The van der Waals surface area contributed by atoms with Crippen molar-refractivity contribution in [2.75, 3.05) is 20.3 Å². The van der Waals surface area contributed by atoms with Crippen LogP contribution in [0.5, 0.6) is 5.75 Å². The fraction of sp³-hybridized carbons (Fsp3) is 0.333. The lowest BCUT2D eigenvalue weighted by molar-refractivity contribution is -0.141. The Labute approximate surface area is 159 Å². The van der Waals surface area contributed by atoms with Gasteiger partial charge in [0.1, 0.15) is 11.8 Å². The number of nitrogens with zero attached hydrogens (tertiary/aromatic N) is 1. The van der Waals surface area contributed by atoms with E-state index in [1.165, 1.54) is 0 Å². The quantitative estimate of drug-likeness (QED) is 0.710. The predicted molar refractivity (Wildman–Crippen MR) is 103 cm³/mol. The van der Waals surface area contributed by atoms with Gasteiger partial charge < -0.3 is 20.1 Å². The summed E-state index contributed by atoms with van der Waals surface area (Å²) < 4.78 is 5.17. The third-order valence-corrected chi connectivity index (χ3v) is 4.22. The highest BCUT2D eigenvalue weighted by Crippen LogP contribution is 2.25. The predicted octanol–water partition coefficient (Wildman–Crippen LogP) is 2.28. The number of carbonyl (C=O) groups is 2. The van der Waals surface area contributed by atoms with Gasteiger partial charge >= 0.3 is 0 Å². The van der Waals surface area contributed by atoms with Crippen LogP contribution in [0.25, 0.3) is 0 Å². The third kappa shape index (κ3) is 5.56. The zero-order chi connectivity index (χ0) is 19.6. The molecule has 27 heavy (non-hydrogen) atoms. The van der Waals surface area contributed by atoms with E-state index in [9.17, 15) is 9.59 Å². The zero-order valence-electron chi connectivity index (χ0n) is 15.7. The highest BCUT2D eigenvalue weighted by molar-refractivity contribution is 5.88. The Bertz CT molecular complexity index is 732. The van der Waals surface area contributed by atoms with Crippen LogP contribution >= 0.6 is 0 Å². The number of benzene rings is 2. The van der Waals surface area contributed by atoms with Crippen LogP contribution in [-0.2, 0) is 16.1 Å². The first kappa shape index (κ1) is 20.5. The summed E-state index contributed by atoms with van der Waals surface area (Å²) in [7, 11) is 1.60. The van der Waals surface area contributed by atoms with E-state index in [0.29, 0.717) is 6.54 Å². The largest absolute Gasteiger partial charge is 0.497 e. The molecule has 0 aromatic heterocycles. The minimum atomic E-state index is -0.771. The van der Waals surface area contributed by atoms with Gasteiger partial charge in [0.2, 0.25) is 11.8 Å². The number of nitrogens with one attached hydrogen (secondary N) is 1. The normalized spacial score (nSPS) is 11.5. The number of hydrogen-bond donors (Lipinski definition) is 2. The van der Waals surface area contributed by atoms with Crippen molar-refractivity contribution < 1.29 is 19.4 Å². The summed E-state index contributed by atoms with van der Waals surface area (Å²) in [6, 6.07) is 15.8. The average Bonchev–Trinajstić information content (AvgIpc) is 2.72. The molecule has 0 aliphatic heterocycles. The van der Waals surface area contributed by atoms with Gasteiger partial charge in [-0.3, -0.25) is 9.59 Å². The van der Waals surface area contributed by atoms with E-state index >= 15 is 0 Å². The monoisotopic (exact) mass is 370 g/mol. The standard InChI is InChI=1S/C21H26N2O4/c1-3-19(25)23(15-16-9-11-18(27-2)12-10-16)20(21(26)22-13-14-24)17-7-5-4-6-8-17/h4-12,20,24H,3,13-15H2,1-2H3,(H,22,26). The Balaban J connectivity index is 2.37. The van der Waals surface area contributed by atoms with Crippen LogP contribution in [0.2, 0.25) is 0 Å². The molecular formula is C21H26N2O4. The Hall–Kier alpha value is -2.86. The van der Waals surface area contributed by atoms with E-state index in [0.717, 1.165) is 16.9 Å². The number of amides is 2. The minimum Gasteiger partial charge on any atom is -0.497 e. The maximum Gasteiger partial charge on any atom is 0.247 e. The fourth-order valence-electron chi connectivity index (χ4n) is 2.84. The molecule has 2 aromatic carbocycles. The maximum atomic E-state index is 12.8. The number of aliphatic hydroxyl groups excluding tert-OH is 1. The van der Waals surface area contributed by atoms with Gasteiger partial charge in [-0.05, 0) is 23.3 Å². The molecule has 0 aliphatic carbocycles. The summed E-state index contributed by atoms with van der Waals surface area (Å²) in [4.78, 5) is 27.1. The van der Waals surface area contributed by atoms with Gasteiger partial charge in [-0.15, -0.1) is 0 Å². The molecule has 0 radical (unpaired) electrons.